The normalized spacial score (nSPS) is 15.1. The number of rotatable bonds is 6. The lowest BCUT2D eigenvalue weighted by atomic mass is 10.2. The van der Waals surface area contributed by atoms with Gasteiger partial charge in [-0.3, -0.25) is 14.9 Å². The molecule has 3 rings (SSSR count). The maximum absolute atomic E-state index is 12.7. The first-order chi connectivity index (χ1) is 14.7. The smallest absolute Gasteiger partial charge is 0.312 e. The summed E-state index contributed by atoms with van der Waals surface area (Å²) in [6.07, 6.45) is 0.987. The lowest BCUT2D eigenvalue weighted by Crippen LogP contribution is -2.40. The molecule has 164 valence electrons. The fraction of sp³-hybridized carbons (Fsp3) is 0.222. The Labute approximate surface area is 182 Å². The third-order valence-corrected chi connectivity index (χ3v) is 6.47. The highest BCUT2D eigenvalue weighted by Gasteiger charge is 2.27. The van der Waals surface area contributed by atoms with Gasteiger partial charge in [0.05, 0.1) is 29.2 Å². The Morgan fingerprint density at radius 3 is 2.68 bits per heavy atom. The van der Waals surface area contributed by atoms with Crippen LogP contribution in [0.4, 0.5) is 5.69 Å². The monoisotopic (exact) mass is 468 g/mol. The lowest BCUT2D eigenvalue weighted by molar-refractivity contribution is -0.385. The molecule has 1 heterocycles. The summed E-state index contributed by atoms with van der Waals surface area (Å²) in [5, 5.41) is 24.5. The summed E-state index contributed by atoms with van der Waals surface area (Å²) < 4.78 is 31.9. The third kappa shape index (κ3) is 5.17. The minimum atomic E-state index is -3.78. The van der Waals surface area contributed by atoms with Gasteiger partial charge in [-0.25, -0.2) is 13.8 Å². The topological polar surface area (TPSA) is 151 Å². The van der Waals surface area contributed by atoms with Crippen LogP contribution in [-0.4, -0.2) is 61.2 Å². The van der Waals surface area contributed by atoms with Gasteiger partial charge in [0.15, 0.2) is 0 Å². The number of morpholine rings is 1. The van der Waals surface area contributed by atoms with E-state index in [2.05, 4.69) is 10.5 Å². The van der Waals surface area contributed by atoms with E-state index in [1.807, 2.05) is 0 Å². The van der Waals surface area contributed by atoms with Crippen molar-refractivity contribution in [2.75, 3.05) is 26.3 Å². The number of phenolic OH excluding ortho intramolecular Hbond substituents is 1. The van der Waals surface area contributed by atoms with Gasteiger partial charge in [-0.2, -0.15) is 9.41 Å². The number of nitro groups is 1. The quantitative estimate of drug-likeness (QED) is 0.372. The second kappa shape index (κ2) is 9.39. The van der Waals surface area contributed by atoms with Crippen molar-refractivity contribution in [2.45, 2.75) is 4.90 Å². The number of ether oxygens (including phenoxy) is 1. The Bertz CT molecular complexity index is 1150. The zero-order valence-corrected chi connectivity index (χ0v) is 17.5. The van der Waals surface area contributed by atoms with Crippen LogP contribution < -0.4 is 5.43 Å². The van der Waals surface area contributed by atoms with Crippen molar-refractivity contribution in [3.8, 4) is 5.75 Å². The van der Waals surface area contributed by atoms with Crippen LogP contribution in [0.15, 0.2) is 46.4 Å². The molecule has 2 N–H and O–H groups in total. The lowest BCUT2D eigenvalue weighted by Gasteiger charge is -2.26. The molecule has 11 nitrogen and oxygen atoms in total. The number of hydrogen-bond donors (Lipinski definition) is 2. The molecule has 0 bridgehead atoms. The minimum absolute atomic E-state index is 0.00158. The molecule has 0 atom stereocenters. The van der Waals surface area contributed by atoms with Gasteiger partial charge in [0.2, 0.25) is 15.8 Å². The summed E-state index contributed by atoms with van der Waals surface area (Å²) in [5.74, 6) is -1.38. The molecule has 1 aliphatic heterocycles. The zero-order valence-electron chi connectivity index (χ0n) is 15.9. The molecule has 0 saturated carbocycles. The average Bonchev–Trinajstić information content (AvgIpc) is 2.76. The maximum Gasteiger partial charge on any atom is 0.312 e. The Balaban J connectivity index is 1.76. The van der Waals surface area contributed by atoms with E-state index in [4.69, 9.17) is 16.3 Å². The molecule has 0 aliphatic carbocycles. The first kappa shape index (κ1) is 22.6. The molecule has 0 spiro atoms. The molecule has 31 heavy (non-hydrogen) atoms. The number of carbonyl (C=O) groups is 1. The van der Waals surface area contributed by atoms with Crippen LogP contribution in [0, 0.1) is 10.1 Å². The number of nitrogens with one attached hydrogen (secondary N) is 1. The third-order valence-electron chi connectivity index (χ3n) is 4.35. The van der Waals surface area contributed by atoms with Crippen molar-refractivity contribution in [1.29, 1.82) is 0 Å². The number of nitrogens with zero attached hydrogens (tertiary/aromatic N) is 3. The van der Waals surface area contributed by atoms with Crippen LogP contribution in [0.1, 0.15) is 15.9 Å². The fourth-order valence-electron chi connectivity index (χ4n) is 2.80. The van der Waals surface area contributed by atoms with Gasteiger partial charge < -0.3 is 9.84 Å². The average molecular weight is 469 g/mol. The molecular weight excluding hydrogens is 452 g/mol. The number of sulfonamides is 1. The van der Waals surface area contributed by atoms with Gasteiger partial charge >= 0.3 is 5.69 Å². The Morgan fingerprint density at radius 1 is 1.29 bits per heavy atom. The molecule has 1 saturated heterocycles. The summed E-state index contributed by atoms with van der Waals surface area (Å²) in [4.78, 5) is 22.4. The van der Waals surface area contributed by atoms with Gasteiger partial charge in [0.1, 0.15) is 0 Å². The van der Waals surface area contributed by atoms with Crippen LogP contribution >= 0.6 is 11.6 Å². The zero-order chi connectivity index (χ0) is 22.6. The number of halogens is 1. The molecule has 1 amide bonds. The number of amides is 1. The van der Waals surface area contributed by atoms with Gasteiger partial charge in [-0.05, 0) is 24.3 Å². The van der Waals surface area contributed by atoms with Crippen molar-refractivity contribution < 1.29 is 28.0 Å². The SMILES string of the molecule is O=C(N/N=C/c1cc(Cl)cc([N+](=O)[O-])c1O)c1cccc(S(=O)(=O)N2CCOCC2)c1. The predicted octanol–water partition coefficient (Wildman–Crippen LogP) is 1.74. The van der Waals surface area contributed by atoms with E-state index in [1.54, 1.807) is 0 Å². The van der Waals surface area contributed by atoms with Crippen molar-refractivity contribution in [3.05, 3.63) is 62.7 Å². The molecule has 0 aromatic heterocycles. The molecular formula is C18H17ClN4O7S. The first-order valence-electron chi connectivity index (χ1n) is 8.88. The summed E-state index contributed by atoms with van der Waals surface area (Å²) in [6, 6.07) is 7.65. The number of phenols is 1. The van der Waals surface area contributed by atoms with Crippen molar-refractivity contribution in [3.63, 3.8) is 0 Å². The molecule has 0 radical (unpaired) electrons. The highest BCUT2D eigenvalue weighted by atomic mass is 35.5. The molecule has 13 heteroatoms. The van der Waals surface area contributed by atoms with E-state index in [-0.39, 0.29) is 34.1 Å². The van der Waals surface area contributed by atoms with E-state index < -0.39 is 32.3 Å². The molecule has 2 aromatic rings. The van der Waals surface area contributed by atoms with Gasteiger partial charge in [0, 0.05) is 35.3 Å². The van der Waals surface area contributed by atoms with Crippen LogP contribution in [0.2, 0.25) is 5.02 Å². The van der Waals surface area contributed by atoms with E-state index in [0.29, 0.717) is 13.2 Å². The second-order valence-corrected chi connectivity index (χ2v) is 8.74. The second-order valence-electron chi connectivity index (χ2n) is 6.36. The summed E-state index contributed by atoms with van der Waals surface area (Å²) in [7, 11) is -3.78. The van der Waals surface area contributed by atoms with E-state index in [9.17, 15) is 28.4 Å². The highest BCUT2D eigenvalue weighted by Crippen LogP contribution is 2.32. The van der Waals surface area contributed by atoms with Crippen molar-refractivity contribution in [1.82, 2.24) is 9.73 Å². The number of benzene rings is 2. The Hall–Kier alpha value is -3.06. The Morgan fingerprint density at radius 2 is 2.00 bits per heavy atom. The summed E-state index contributed by atoms with van der Waals surface area (Å²) in [5.41, 5.74) is 1.52. The van der Waals surface area contributed by atoms with Crippen LogP contribution in [0.25, 0.3) is 0 Å². The predicted molar refractivity (Wildman–Crippen MR) is 111 cm³/mol. The van der Waals surface area contributed by atoms with E-state index >= 15 is 0 Å². The number of hydrazone groups is 1. The van der Waals surface area contributed by atoms with Crippen LogP contribution in [0.3, 0.4) is 0 Å². The number of nitro benzene ring substituents is 1. The van der Waals surface area contributed by atoms with Crippen molar-refractivity contribution in [2.24, 2.45) is 5.10 Å². The molecule has 2 aromatic carbocycles. The number of hydrogen-bond acceptors (Lipinski definition) is 8. The summed E-state index contributed by atoms with van der Waals surface area (Å²) >= 11 is 5.79. The van der Waals surface area contributed by atoms with Crippen LogP contribution in [0.5, 0.6) is 5.75 Å². The van der Waals surface area contributed by atoms with E-state index in [0.717, 1.165) is 12.3 Å². The first-order valence-corrected chi connectivity index (χ1v) is 10.7. The van der Waals surface area contributed by atoms with Crippen LogP contribution in [-0.2, 0) is 14.8 Å². The molecule has 1 fully saturated rings. The number of aromatic hydroxyl groups is 1. The molecule has 0 unspecified atom stereocenters. The standard InChI is InChI=1S/C18H17ClN4O7S/c19-14-8-13(17(24)16(10-14)23(26)27)11-20-21-18(25)12-2-1-3-15(9-12)31(28,29)22-4-6-30-7-5-22/h1-3,8-11,24H,4-7H2,(H,21,25)/b20-11+. The molecule has 1 aliphatic rings. The van der Waals surface area contributed by atoms with Gasteiger partial charge in [-0.15, -0.1) is 0 Å². The summed E-state index contributed by atoms with van der Waals surface area (Å²) in [6.45, 7) is 1.03. The van der Waals surface area contributed by atoms with Gasteiger partial charge in [-0.1, -0.05) is 17.7 Å². The number of carbonyl (C=O) groups excluding carboxylic acids is 1. The fourth-order valence-corrected chi connectivity index (χ4v) is 4.48. The highest BCUT2D eigenvalue weighted by molar-refractivity contribution is 7.89. The Kier molecular flexibility index (Phi) is 6.85. The largest absolute Gasteiger partial charge is 0.502 e. The van der Waals surface area contributed by atoms with E-state index in [1.165, 1.54) is 34.6 Å². The van der Waals surface area contributed by atoms with Crippen molar-refractivity contribution >= 4 is 39.4 Å². The maximum atomic E-state index is 12.7. The minimum Gasteiger partial charge on any atom is -0.502 e. The van der Waals surface area contributed by atoms with Gasteiger partial charge in [0.25, 0.3) is 5.91 Å².